The van der Waals surface area contributed by atoms with Crippen molar-refractivity contribution in [3.05, 3.63) is 0 Å². The molecule has 100 valence electrons. The van der Waals surface area contributed by atoms with Crippen LogP contribution in [0.15, 0.2) is 0 Å². The van der Waals surface area contributed by atoms with Gasteiger partial charge in [0.25, 0.3) is 0 Å². The first-order valence-corrected chi connectivity index (χ1v) is 6.55. The Balaban J connectivity index is 2.95. The lowest BCUT2D eigenvalue weighted by Crippen LogP contribution is -2.53. The molecule has 0 radical (unpaired) electrons. The second-order valence-corrected chi connectivity index (χ2v) is 6.43. The van der Waals surface area contributed by atoms with Crippen LogP contribution in [-0.2, 0) is 9.53 Å². The molecule has 1 aliphatic rings. The van der Waals surface area contributed by atoms with Crippen molar-refractivity contribution >= 4 is 5.97 Å². The van der Waals surface area contributed by atoms with Crippen LogP contribution >= 0.6 is 0 Å². The quantitative estimate of drug-likeness (QED) is 0.774. The second kappa shape index (κ2) is 4.97. The van der Waals surface area contributed by atoms with Crippen molar-refractivity contribution in [2.75, 3.05) is 7.11 Å². The summed E-state index contributed by atoms with van der Waals surface area (Å²) in [6, 6.07) is 0. The standard InChI is InChI=1S/C14H26O3/c1-10(2)14(16,12(15)17-5)11-7-6-8-13(3,4)9-11/h10-11,16H,6-9H2,1-5H3. The summed E-state index contributed by atoms with van der Waals surface area (Å²) in [7, 11) is 1.35. The number of methoxy groups -OCH3 is 1. The molecule has 0 bridgehead atoms. The average molecular weight is 242 g/mol. The molecule has 0 amide bonds. The molecule has 0 spiro atoms. The molecule has 1 rings (SSSR count). The lowest BCUT2D eigenvalue weighted by molar-refractivity contribution is -0.179. The normalized spacial score (nSPS) is 27.6. The number of hydrogen-bond acceptors (Lipinski definition) is 3. The summed E-state index contributed by atoms with van der Waals surface area (Å²) < 4.78 is 4.81. The van der Waals surface area contributed by atoms with Crippen molar-refractivity contribution in [1.82, 2.24) is 0 Å². The van der Waals surface area contributed by atoms with Gasteiger partial charge in [0.15, 0.2) is 5.60 Å². The number of esters is 1. The summed E-state index contributed by atoms with van der Waals surface area (Å²) in [6.07, 6.45) is 4.03. The SMILES string of the molecule is COC(=O)C(O)(C(C)C)C1CCCC(C)(C)C1. The van der Waals surface area contributed by atoms with E-state index in [-0.39, 0.29) is 17.3 Å². The highest BCUT2D eigenvalue weighted by atomic mass is 16.5. The van der Waals surface area contributed by atoms with Crippen LogP contribution in [-0.4, -0.2) is 23.8 Å². The highest BCUT2D eigenvalue weighted by molar-refractivity contribution is 5.80. The molecule has 0 aromatic carbocycles. The van der Waals surface area contributed by atoms with Gasteiger partial charge < -0.3 is 9.84 Å². The van der Waals surface area contributed by atoms with Crippen LogP contribution in [0.2, 0.25) is 0 Å². The van der Waals surface area contributed by atoms with Crippen molar-refractivity contribution in [3.8, 4) is 0 Å². The summed E-state index contributed by atoms with van der Waals surface area (Å²) >= 11 is 0. The predicted molar refractivity (Wildman–Crippen MR) is 67.5 cm³/mol. The van der Waals surface area contributed by atoms with E-state index in [1.54, 1.807) is 0 Å². The van der Waals surface area contributed by atoms with Crippen LogP contribution in [0.5, 0.6) is 0 Å². The van der Waals surface area contributed by atoms with Gasteiger partial charge in [0, 0.05) is 0 Å². The molecule has 2 atom stereocenters. The number of carbonyl (C=O) groups is 1. The predicted octanol–water partition coefficient (Wildman–Crippen LogP) is 2.76. The van der Waals surface area contributed by atoms with E-state index in [9.17, 15) is 9.90 Å². The van der Waals surface area contributed by atoms with Gasteiger partial charge in [-0.3, -0.25) is 0 Å². The van der Waals surface area contributed by atoms with Gasteiger partial charge in [-0.2, -0.15) is 0 Å². The zero-order chi connectivity index (χ0) is 13.3. The number of rotatable bonds is 3. The van der Waals surface area contributed by atoms with Crippen LogP contribution in [0, 0.1) is 17.3 Å². The first kappa shape index (κ1) is 14.5. The smallest absolute Gasteiger partial charge is 0.338 e. The Morgan fingerprint density at radius 3 is 2.47 bits per heavy atom. The zero-order valence-electron chi connectivity index (χ0n) is 11.7. The summed E-state index contributed by atoms with van der Waals surface area (Å²) in [5, 5.41) is 10.7. The van der Waals surface area contributed by atoms with Crippen molar-refractivity contribution in [3.63, 3.8) is 0 Å². The van der Waals surface area contributed by atoms with E-state index in [2.05, 4.69) is 13.8 Å². The second-order valence-electron chi connectivity index (χ2n) is 6.43. The molecule has 3 heteroatoms. The van der Waals surface area contributed by atoms with Crippen LogP contribution in [0.3, 0.4) is 0 Å². The monoisotopic (exact) mass is 242 g/mol. The van der Waals surface area contributed by atoms with Gasteiger partial charge >= 0.3 is 5.97 Å². The minimum atomic E-state index is -1.33. The van der Waals surface area contributed by atoms with E-state index < -0.39 is 11.6 Å². The summed E-state index contributed by atoms with van der Waals surface area (Å²) in [5.41, 5.74) is -1.12. The molecule has 17 heavy (non-hydrogen) atoms. The average Bonchev–Trinajstić information content (AvgIpc) is 2.25. The molecular weight excluding hydrogens is 216 g/mol. The molecule has 1 fully saturated rings. The van der Waals surface area contributed by atoms with Crippen molar-refractivity contribution in [2.24, 2.45) is 17.3 Å². The van der Waals surface area contributed by atoms with E-state index in [0.717, 1.165) is 19.3 Å². The van der Waals surface area contributed by atoms with Gasteiger partial charge in [-0.25, -0.2) is 4.79 Å². The number of aliphatic hydroxyl groups is 1. The van der Waals surface area contributed by atoms with Gasteiger partial charge in [0.1, 0.15) is 0 Å². The summed E-state index contributed by atoms with van der Waals surface area (Å²) in [6.45, 7) is 8.19. The lowest BCUT2D eigenvalue weighted by atomic mass is 9.64. The minimum Gasteiger partial charge on any atom is -0.467 e. The Hall–Kier alpha value is -0.570. The Bertz CT molecular complexity index is 283. The van der Waals surface area contributed by atoms with Crippen LogP contribution in [0.25, 0.3) is 0 Å². The van der Waals surface area contributed by atoms with Crippen molar-refractivity contribution in [2.45, 2.75) is 59.0 Å². The maximum atomic E-state index is 11.9. The zero-order valence-corrected chi connectivity index (χ0v) is 11.7. The molecule has 2 unspecified atom stereocenters. The fraction of sp³-hybridized carbons (Fsp3) is 0.929. The van der Waals surface area contributed by atoms with Gasteiger partial charge in [-0.05, 0) is 36.5 Å². The number of ether oxygens (including phenoxy) is 1. The van der Waals surface area contributed by atoms with Crippen molar-refractivity contribution in [1.29, 1.82) is 0 Å². The topological polar surface area (TPSA) is 46.5 Å². The Morgan fingerprint density at radius 1 is 1.47 bits per heavy atom. The van der Waals surface area contributed by atoms with E-state index >= 15 is 0 Å². The van der Waals surface area contributed by atoms with E-state index in [4.69, 9.17) is 4.74 Å². The van der Waals surface area contributed by atoms with Crippen molar-refractivity contribution < 1.29 is 14.6 Å². The molecule has 1 saturated carbocycles. The van der Waals surface area contributed by atoms with Gasteiger partial charge in [0.05, 0.1) is 7.11 Å². The van der Waals surface area contributed by atoms with Gasteiger partial charge in [-0.15, -0.1) is 0 Å². The fourth-order valence-corrected chi connectivity index (χ4v) is 3.11. The summed E-state index contributed by atoms with van der Waals surface area (Å²) in [4.78, 5) is 11.9. The third-order valence-electron chi connectivity index (χ3n) is 4.22. The Labute approximate surface area is 105 Å². The van der Waals surface area contributed by atoms with Crippen LogP contribution in [0.4, 0.5) is 0 Å². The van der Waals surface area contributed by atoms with Crippen LogP contribution in [0.1, 0.15) is 53.4 Å². The third-order valence-corrected chi connectivity index (χ3v) is 4.22. The number of carbonyl (C=O) groups excluding carboxylic acids is 1. The van der Waals surface area contributed by atoms with Crippen LogP contribution < -0.4 is 0 Å². The Morgan fingerprint density at radius 2 is 2.06 bits per heavy atom. The third kappa shape index (κ3) is 2.82. The van der Waals surface area contributed by atoms with Gasteiger partial charge in [-0.1, -0.05) is 34.1 Å². The highest BCUT2D eigenvalue weighted by Gasteiger charge is 2.50. The molecule has 0 aromatic heterocycles. The highest BCUT2D eigenvalue weighted by Crippen LogP contribution is 2.45. The van der Waals surface area contributed by atoms with E-state index in [1.807, 2.05) is 13.8 Å². The molecule has 0 heterocycles. The molecule has 0 aliphatic heterocycles. The molecule has 0 aromatic rings. The minimum absolute atomic E-state index is 0.0127. The first-order valence-electron chi connectivity index (χ1n) is 6.55. The molecule has 1 aliphatic carbocycles. The maximum absolute atomic E-state index is 11.9. The largest absolute Gasteiger partial charge is 0.467 e. The molecular formula is C14H26O3. The number of hydrogen-bond donors (Lipinski definition) is 1. The first-order chi connectivity index (χ1) is 7.74. The van der Waals surface area contributed by atoms with Gasteiger partial charge in [0.2, 0.25) is 0 Å². The fourth-order valence-electron chi connectivity index (χ4n) is 3.11. The lowest BCUT2D eigenvalue weighted by Gasteiger charge is -2.44. The Kier molecular flexibility index (Phi) is 4.23. The molecule has 0 saturated heterocycles. The maximum Gasteiger partial charge on any atom is 0.338 e. The van der Waals surface area contributed by atoms with E-state index in [0.29, 0.717) is 0 Å². The molecule has 3 nitrogen and oxygen atoms in total. The summed E-state index contributed by atoms with van der Waals surface area (Å²) in [5.74, 6) is -0.581. The molecule has 1 N–H and O–H groups in total. The van der Waals surface area contributed by atoms with E-state index in [1.165, 1.54) is 13.5 Å².